The number of sulfonamides is 1. The van der Waals surface area contributed by atoms with Crippen LogP contribution in [0.2, 0.25) is 0 Å². The zero-order valence-electron chi connectivity index (χ0n) is 12.0. The van der Waals surface area contributed by atoms with Crippen LogP contribution in [0, 0.1) is 0 Å². The molecule has 1 aliphatic rings. The number of aromatic nitrogens is 1. The zero-order valence-corrected chi connectivity index (χ0v) is 13.6. The minimum atomic E-state index is -4.58. The van der Waals surface area contributed by atoms with Crippen molar-refractivity contribution in [3.63, 3.8) is 0 Å². The number of halogens is 4. The largest absolute Gasteiger partial charge is 0.433 e. The smallest absolute Gasteiger partial charge is 0.311 e. The Morgan fingerprint density at radius 1 is 1.32 bits per heavy atom. The number of pyridine rings is 1. The second-order valence-corrected chi connectivity index (χ2v) is 6.87. The molecule has 1 saturated heterocycles. The van der Waals surface area contributed by atoms with E-state index in [1.807, 2.05) is 6.92 Å². The molecule has 10 heteroatoms. The lowest BCUT2D eigenvalue weighted by atomic mass is 10.1. The number of rotatable bonds is 2. The normalized spacial score (nSPS) is 23.9. The predicted octanol–water partition coefficient (Wildman–Crippen LogP) is 1.89. The van der Waals surface area contributed by atoms with Crippen molar-refractivity contribution in [3.8, 4) is 0 Å². The Morgan fingerprint density at radius 3 is 2.45 bits per heavy atom. The Hall–Kier alpha value is -0.900. The first-order chi connectivity index (χ1) is 9.64. The van der Waals surface area contributed by atoms with E-state index in [0.717, 1.165) is 12.3 Å². The van der Waals surface area contributed by atoms with Crippen molar-refractivity contribution in [2.45, 2.75) is 37.0 Å². The third kappa shape index (κ3) is 3.70. The lowest BCUT2D eigenvalue weighted by molar-refractivity contribution is -0.141. The van der Waals surface area contributed by atoms with Crippen molar-refractivity contribution < 1.29 is 21.6 Å². The zero-order chi connectivity index (χ0) is 15.8. The first-order valence-electron chi connectivity index (χ1n) is 6.42. The topological polar surface area (TPSA) is 62.3 Å². The van der Waals surface area contributed by atoms with Crippen LogP contribution in [0.4, 0.5) is 13.2 Å². The third-order valence-corrected chi connectivity index (χ3v) is 5.58. The van der Waals surface area contributed by atoms with Gasteiger partial charge in [-0.15, -0.1) is 12.4 Å². The molecule has 1 aliphatic heterocycles. The van der Waals surface area contributed by atoms with E-state index in [0.29, 0.717) is 12.6 Å². The summed E-state index contributed by atoms with van der Waals surface area (Å²) in [4.78, 5) is 2.98. The molecule has 0 amide bonds. The number of piperazine rings is 1. The molecule has 126 valence electrons. The van der Waals surface area contributed by atoms with Gasteiger partial charge in [-0.2, -0.15) is 17.5 Å². The molecule has 5 nitrogen and oxygen atoms in total. The number of hydrogen-bond donors (Lipinski definition) is 1. The molecule has 1 aromatic heterocycles. The van der Waals surface area contributed by atoms with Crippen LogP contribution in [-0.4, -0.2) is 42.9 Å². The molecule has 2 heterocycles. The summed E-state index contributed by atoms with van der Waals surface area (Å²) in [7, 11) is -3.84. The van der Waals surface area contributed by atoms with E-state index in [-0.39, 0.29) is 35.9 Å². The molecule has 1 N–H and O–H groups in total. The highest BCUT2D eigenvalue weighted by molar-refractivity contribution is 7.89. The van der Waals surface area contributed by atoms with Gasteiger partial charge in [0.1, 0.15) is 10.6 Å². The molecule has 22 heavy (non-hydrogen) atoms. The van der Waals surface area contributed by atoms with Gasteiger partial charge in [0.15, 0.2) is 0 Å². The summed E-state index contributed by atoms with van der Waals surface area (Å²) in [5.41, 5.74) is -1.11. The summed E-state index contributed by atoms with van der Waals surface area (Å²) in [6, 6.07) is 1.32. The van der Waals surface area contributed by atoms with Crippen LogP contribution in [0.25, 0.3) is 0 Å². The Kier molecular flexibility index (Phi) is 5.82. The van der Waals surface area contributed by atoms with Gasteiger partial charge < -0.3 is 5.32 Å². The van der Waals surface area contributed by atoms with Crippen LogP contribution in [0.3, 0.4) is 0 Å². The molecule has 2 unspecified atom stereocenters. The second kappa shape index (κ2) is 6.69. The van der Waals surface area contributed by atoms with Crippen LogP contribution in [-0.2, 0) is 16.2 Å². The molecule has 1 aromatic rings. The predicted molar refractivity (Wildman–Crippen MR) is 77.3 cm³/mol. The second-order valence-electron chi connectivity index (χ2n) is 4.98. The fourth-order valence-electron chi connectivity index (χ4n) is 2.20. The minimum absolute atomic E-state index is 0. The summed E-state index contributed by atoms with van der Waals surface area (Å²) in [5, 5.41) is 3.14. The van der Waals surface area contributed by atoms with E-state index in [2.05, 4.69) is 10.3 Å². The van der Waals surface area contributed by atoms with Crippen LogP contribution < -0.4 is 5.32 Å². The highest BCUT2D eigenvalue weighted by Gasteiger charge is 2.36. The first-order valence-corrected chi connectivity index (χ1v) is 7.86. The molecular formula is C12H17ClF3N3O2S. The number of nitrogens with zero attached hydrogens (tertiary/aromatic N) is 2. The van der Waals surface area contributed by atoms with Crippen LogP contribution >= 0.6 is 12.4 Å². The van der Waals surface area contributed by atoms with E-state index in [4.69, 9.17) is 0 Å². The molecule has 0 spiro atoms. The lowest BCUT2D eigenvalue weighted by Gasteiger charge is -2.37. The van der Waals surface area contributed by atoms with Crippen LogP contribution in [0.15, 0.2) is 23.2 Å². The average Bonchev–Trinajstić information content (AvgIpc) is 2.41. The van der Waals surface area contributed by atoms with Gasteiger partial charge in [-0.25, -0.2) is 8.42 Å². The highest BCUT2D eigenvalue weighted by Crippen LogP contribution is 2.28. The Morgan fingerprint density at radius 2 is 1.95 bits per heavy atom. The van der Waals surface area contributed by atoms with Gasteiger partial charge in [0.25, 0.3) is 0 Å². The van der Waals surface area contributed by atoms with Gasteiger partial charge >= 0.3 is 6.18 Å². The summed E-state index contributed by atoms with van der Waals surface area (Å²) >= 11 is 0. The quantitative estimate of drug-likeness (QED) is 0.876. The van der Waals surface area contributed by atoms with Gasteiger partial charge in [-0.05, 0) is 26.0 Å². The van der Waals surface area contributed by atoms with Crippen molar-refractivity contribution in [1.82, 2.24) is 14.6 Å². The lowest BCUT2D eigenvalue weighted by Crippen LogP contribution is -2.57. The highest BCUT2D eigenvalue weighted by atomic mass is 35.5. The molecule has 0 bridgehead atoms. The van der Waals surface area contributed by atoms with Gasteiger partial charge in [0.2, 0.25) is 10.0 Å². The fraction of sp³-hybridized carbons (Fsp3) is 0.583. The summed E-state index contributed by atoms with van der Waals surface area (Å²) in [5.74, 6) is 0. The Balaban J connectivity index is 0.00000242. The summed E-state index contributed by atoms with van der Waals surface area (Å²) in [6.45, 7) is 4.39. The Bertz CT molecular complexity index is 607. The van der Waals surface area contributed by atoms with E-state index in [1.165, 1.54) is 4.31 Å². The Labute approximate surface area is 133 Å². The fourth-order valence-corrected chi connectivity index (χ4v) is 3.85. The van der Waals surface area contributed by atoms with E-state index >= 15 is 0 Å². The molecule has 2 rings (SSSR count). The standard InChI is InChI=1S/C12H16F3N3O2S.ClH/c1-8-9(2)18(6-5-16-8)21(19,20)10-3-4-11(17-7-10)12(13,14)15;/h3-4,7-9,16H,5-6H2,1-2H3;1H. The van der Waals surface area contributed by atoms with Gasteiger partial charge in [0, 0.05) is 31.4 Å². The van der Waals surface area contributed by atoms with Gasteiger partial charge in [-0.1, -0.05) is 0 Å². The van der Waals surface area contributed by atoms with E-state index in [1.54, 1.807) is 6.92 Å². The SMILES string of the molecule is CC1NCCN(S(=O)(=O)c2ccc(C(F)(F)F)nc2)C1C.Cl. The average molecular weight is 360 g/mol. The maximum atomic E-state index is 12.5. The van der Waals surface area contributed by atoms with Crippen molar-refractivity contribution in [2.24, 2.45) is 0 Å². The molecule has 1 fully saturated rings. The summed E-state index contributed by atoms with van der Waals surface area (Å²) < 4.78 is 63.6. The number of alkyl halides is 3. The van der Waals surface area contributed by atoms with Gasteiger partial charge in [-0.3, -0.25) is 4.98 Å². The van der Waals surface area contributed by atoms with E-state index in [9.17, 15) is 21.6 Å². The molecular weight excluding hydrogens is 343 g/mol. The first kappa shape index (κ1) is 19.1. The van der Waals surface area contributed by atoms with Crippen LogP contribution in [0.5, 0.6) is 0 Å². The van der Waals surface area contributed by atoms with E-state index < -0.39 is 21.9 Å². The number of nitrogens with one attached hydrogen (secondary N) is 1. The monoisotopic (exact) mass is 359 g/mol. The maximum Gasteiger partial charge on any atom is 0.433 e. The van der Waals surface area contributed by atoms with Gasteiger partial charge in [0.05, 0.1) is 0 Å². The molecule has 0 radical (unpaired) electrons. The van der Waals surface area contributed by atoms with Crippen molar-refractivity contribution in [2.75, 3.05) is 13.1 Å². The summed E-state index contributed by atoms with van der Waals surface area (Å²) in [6.07, 6.45) is -3.82. The molecule has 0 aromatic carbocycles. The maximum absolute atomic E-state index is 12.5. The third-order valence-electron chi connectivity index (χ3n) is 3.61. The number of hydrogen-bond acceptors (Lipinski definition) is 4. The van der Waals surface area contributed by atoms with Crippen molar-refractivity contribution in [3.05, 3.63) is 24.0 Å². The van der Waals surface area contributed by atoms with Crippen LogP contribution in [0.1, 0.15) is 19.5 Å². The molecule has 2 atom stereocenters. The molecule has 0 aliphatic carbocycles. The minimum Gasteiger partial charge on any atom is -0.311 e. The van der Waals surface area contributed by atoms with Crippen molar-refractivity contribution >= 4 is 22.4 Å². The van der Waals surface area contributed by atoms with Crippen molar-refractivity contribution in [1.29, 1.82) is 0 Å². The molecule has 0 saturated carbocycles.